The van der Waals surface area contributed by atoms with Crippen LogP contribution >= 0.6 is 11.6 Å². The van der Waals surface area contributed by atoms with E-state index in [9.17, 15) is 4.79 Å². The molecular formula is C21H17ClN4O2. The molecule has 0 radical (unpaired) electrons. The molecule has 0 amide bonds. The highest BCUT2D eigenvalue weighted by atomic mass is 35.5. The summed E-state index contributed by atoms with van der Waals surface area (Å²) in [5, 5.41) is 5.87. The Morgan fingerprint density at radius 1 is 1.18 bits per heavy atom. The van der Waals surface area contributed by atoms with Crippen LogP contribution in [0, 0.1) is 6.92 Å². The van der Waals surface area contributed by atoms with Crippen molar-refractivity contribution in [2.75, 3.05) is 6.61 Å². The number of rotatable bonds is 4. The fourth-order valence-electron chi connectivity index (χ4n) is 3.12. The van der Waals surface area contributed by atoms with Gasteiger partial charge in [0.05, 0.1) is 34.6 Å². The summed E-state index contributed by atoms with van der Waals surface area (Å²) < 4.78 is 6.98. The molecule has 0 aliphatic carbocycles. The fourth-order valence-corrected chi connectivity index (χ4v) is 3.30. The highest BCUT2D eigenvalue weighted by molar-refractivity contribution is 6.30. The quantitative estimate of drug-likeness (QED) is 0.474. The van der Waals surface area contributed by atoms with Gasteiger partial charge in [0.2, 0.25) is 0 Å². The summed E-state index contributed by atoms with van der Waals surface area (Å²) in [6.45, 7) is 3.91. The maximum atomic E-state index is 12.7. The Balaban J connectivity index is 2.03. The summed E-state index contributed by atoms with van der Waals surface area (Å²) in [7, 11) is 0. The molecule has 0 aliphatic rings. The minimum absolute atomic E-state index is 0.286. The zero-order valence-electron chi connectivity index (χ0n) is 15.4. The van der Waals surface area contributed by atoms with Gasteiger partial charge in [0.15, 0.2) is 5.65 Å². The number of aryl methyl sites for hydroxylation is 1. The van der Waals surface area contributed by atoms with Crippen molar-refractivity contribution in [3.63, 3.8) is 0 Å². The number of esters is 1. The predicted molar refractivity (Wildman–Crippen MR) is 108 cm³/mol. The van der Waals surface area contributed by atoms with Gasteiger partial charge < -0.3 is 4.74 Å². The van der Waals surface area contributed by atoms with E-state index in [4.69, 9.17) is 21.3 Å². The lowest BCUT2D eigenvalue weighted by molar-refractivity contribution is 0.0528. The van der Waals surface area contributed by atoms with E-state index in [0.717, 1.165) is 11.3 Å². The van der Waals surface area contributed by atoms with Crippen molar-refractivity contribution in [3.05, 3.63) is 71.1 Å². The molecule has 6 nitrogen and oxygen atoms in total. The van der Waals surface area contributed by atoms with Gasteiger partial charge in [0.1, 0.15) is 0 Å². The normalized spacial score (nSPS) is 11.0. The number of halogens is 1. The van der Waals surface area contributed by atoms with Gasteiger partial charge in [0, 0.05) is 23.0 Å². The van der Waals surface area contributed by atoms with Gasteiger partial charge in [-0.15, -0.1) is 0 Å². The minimum atomic E-state index is -0.404. The second kappa shape index (κ2) is 7.40. The third-order valence-electron chi connectivity index (χ3n) is 4.34. The Kier molecular flexibility index (Phi) is 4.79. The van der Waals surface area contributed by atoms with Crippen molar-refractivity contribution in [3.8, 4) is 16.9 Å². The van der Waals surface area contributed by atoms with E-state index in [0.29, 0.717) is 33.0 Å². The molecule has 0 bridgehead atoms. The van der Waals surface area contributed by atoms with Gasteiger partial charge in [-0.3, -0.25) is 4.98 Å². The van der Waals surface area contributed by atoms with Gasteiger partial charge in [-0.1, -0.05) is 17.7 Å². The summed E-state index contributed by atoms with van der Waals surface area (Å²) in [6, 6.07) is 12.8. The number of hydrogen-bond acceptors (Lipinski definition) is 5. The first-order valence-corrected chi connectivity index (χ1v) is 9.20. The smallest absolute Gasteiger partial charge is 0.339 e. The number of benzene rings is 1. The second-order valence-electron chi connectivity index (χ2n) is 6.19. The molecule has 0 fully saturated rings. The molecule has 4 rings (SSSR count). The lowest BCUT2D eigenvalue weighted by Gasteiger charge is -2.09. The zero-order valence-corrected chi connectivity index (χ0v) is 16.1. The second-order valence-corrected chi connectivity index (χ2v) is 6.62. The molecule has 3 heterocycles. The Morgan fingerprint density at radius 3 is 2.68 bits per heavy atom. The molecule has 0 saturated heterocycles. The van der Waals surface area contributed by atoms with E-state index in [-0.39, 0.29) is 6.61 Å². The molecule has 0 aliphatic heterocycles. The number of hydrogen-bond donors (Lipinski definition) is 0. The number of pyridine rings is 2. The Hall–Kier alpha value is -3.25. The number of nitrogens with zero attached hydrogens (tertiary/aromatic N) is 4. The van der Waals surface area contributed by atoms with Gasteiger partial charge in [-0.25, -0.2) is 14.5 Å². The maximum Gasteiger partial charge on any atom is 0.339 e. The van der Waals surface area contributed by atoms with Gasteiger partial charge in [-0.05, 0) is 50.2 Å². The molecule has 0 spiro atoms. The lowest BCUT2D eigenvalue weighted by atomic mass is 10.1. The zero-order chi connectivity index (χ0) is 19.7. The van der Waals surface area contributed by atoms with Crippen LogP contribution in [0.1, 0.15) is 23.0 Å². The van der Waals surface area contributed by atoms with Crippen LogP contribution < -0.4 is 0 Å². The molecule has 0 unspecified atom stereocenters. The van der Waals surface area contributed by atoms with E-state index in [1.165, 1.54) is 0 Å². The van der Waals surface area contributed by atoms with Crippen LogP contribution in [0.5, 0.6) is 0 Å². The van der Waals surface area contributed by atoms with Crippen molar-refractivity contribution >= 4 is 28.6 Å². The van der Waals surface area contributed by atoms with Crippen molar-refractivity contribution in [2.24, 2.45) is 0 Å². The van der Waals surface area contributed by atoms with Gasteiger partial charge in [0.25, 0.3) is 0 Å². The molecule has 1 aromatic carbocycles. The first-order valence-electron chi connectivity index (χ1n) is 8.82. The van der Waals surface area contributed by atoms with E-state index in [2.05, 4.69) is 10.1 Å². The molecule has 0 atom stereocenters. The number of carbonyl (C=O) groups is 1. The van der Waals surface area contributed by atoms with Crippen molar-refractivity contribution in [1.82, 2.24) is 19.7 Å². The number of fused-ring (bicyclic) bond motifs is 1. The van der Waals surface area contributed by atoms with Crippen molar-refractivity contribution in [1.29, 1.82) is 0 Å². The van der Waals surface area contributed by atoms with Gasteiger partial charge in [-0.2, -0.15) is 5.10 Å². The number of aromatic nitrogens is 4. The third kappa shape index (κ3) is 3.23. The van der Waals surface area contributed by atoms with E-state index in [1.807, 2.05) is 31.2 Å². The van der Waals surface area contributed by atoms with Crippen LogP contribution in [0.15, 0.2) is 54.9 Å². The standard InChI is InChI=1S/C21H17ClN4O2/c1-3-28-21(27)17-12-18(14-7-9-23-10-8-14)24-20-19(17)13(2)25-26(20)16-6-4-5-15(22)11-16/h4-12H,3H2,1-2H3. The van der Waals surface area contributed by atoms with Crippen LogP contribution in [-0.2, 0) is 4.74 Å². The Labute approximate surface area is 166 Å². The summed E-state index contributed by atoms with van der Waals surface area (Å²) in [4.78, 5) is 21.5. The van der Waals surface area contributed by atoms with Crippen LogP contribution in [-0.4, -0.2) is 32.3 Å². The van der Waals surface area contributed by atoms with Crippen LogP contribution in [0.3, 0.4) is 0 Å². The first-order chi connectivity index (χ1) is 13.6. The molecule has 0 saturated carbocycles. The molecule has 28 heavy (non-hydrogen) atoms. The molecule has 7 heteroatoms. The van der Waals surface area contributed by atoms with Gasteiger partial charge >= 0.3 is 5.97 Å². The van der Waals surface area contributed by atoms with Crippen LogP contribution in [0.25, 0.3) is 28.0 Å². The minimum Gasteiger partial charge on any atom is -0.462 e. The van der Waals surface area contributed by atoms with E-state index < -0.39 is 5.97 Å². The lowest BCUT2D eigenvalue weighted by Crippen LogP contribution is -2.07. The van der Waals surface area contributed by atoms with Crippen molar-refractivity contribution < 1.29 is 9.53 Å². The van der Waals surface area contributed by atoms with E-state index >= 15 is 0 Å². The van der Waals surface area contributed by atoms with Crippen LogP contribution in [0.2, 0.25) is 5.02 Å². The monoisotopic (exact) mass is 392 g/mol. The Morgan fingerprint density at radius 2 is 1.96 bits per heavy atom. The summed E-state index contributed by atoms with van der Waals surface area (Å²) in [5.74, 6) is -0.404. The molecular weight excluding hydrogens is 376 g/mol. The average molecular weight is 393 g/mol. The summed E-state index contributed by atoms with van der Waals surface area (Å²) >= 11 is 6.16. The molecule has 0 N–H and O–H groups in total. The molecule has 3 aromatic heterocycles. The summed E-state index contributed by atoms with van der Waals surface area (Å²) in [6.07, 6.45) is 3.37. The maximum absolute atomic E-state index is 12.7. The largest absolute Gasteiger partial charge is 0.462 e. The number of ether oxygens (including phenoxy) is 1. The van der Waals surface area contributed by atoms with Crippen molar-refractivity contribution in [2.45, 2.75) is 13.8 Å². The highest BCUT2D eigenvalue weighted by Crippen LogP contribution is 2.29. The molecule has 140 valence electrons. The van der Waals surface area contributed by atoms with E-state index in [1.54, 1.807) is 42.2 Å². The highest BCUT2D eigenvalue weighted by Gasteiger charge is 2.21. The molecule has 4 aromatic rings. The SMILES string of the molecule is CCOC(=O)c1cc(-c2ccncc2)nc2c1c(C)nn2-c1cccc(Cl)c1. The topological polar surface area (TPSA) is 69.9 Å². The van der Waals surface area contributed by atoms with Crippen LogP contribution in [0.4, 0.5) is 0 Å². The fraction of sp³-hybridized carbons (Fsp3) is 0.143. The third-order valence-corrected chi connectivity index (χ3v) is 4.57. The first kappa shape index (κ1) is 18.1. The predicted octanol–water partition coefficient (Wildman–Crippen LogP) is 4.62. The Bertz CT molecular complexity index is 1170. The number of carbonyl (C=O) groups excluding carboxylic acids is 1. The summed E-state index contributed by atoms with van der Waals surface area (Å²) in [5.41, 5.74) is 3.94. The average Bonchev–Trinajstić information content (AvgIpc) is 3.05.